The zero-order chi connectivity index (χ0) is 17.5. The summed E-state index contributed by atoms with van der Waals surface area (Å²) in [5.41, 5.74) is 2.18. The molecule has 2 fully saturated rings. The van der Waals surface area contributed by atoms with E-state index in [1.54, 1.807) is 17.9 Å². The molecule has 1 aromatic heterocycles. The van der Waals surface area contributed by atoms with E-state index in [1.807, 2.05) is 0 Å². The lowest BCUT2D eigenvalue weighted by Gasteiger charge is -2.46. The Labute approximate surface area is 172 Å². The number of hydrogen-bond donors (Lipinski definition) is 4. The molecular weight excluding hydrogens is 389 g/mol. The van der Waals surface area contributed by atoms with Gasteiger partial charge in [-0.05, 0) is 44.2 Å². The van der Waals surface area contributed by atoms with Crippen molar-refractivity contribution in [3.63, 3.8) is 0 Å². The molecule has 1 aliphatic carbocycles. The Bertz CT molecular complexity index is 600. The number of amides is 1. The van der Waals surface area contributed by atoms with Crippen molar-refractivity contribution in [2.75, 3.05) is 18.4 Å². The molecule has 4 N–H and O–H groups in total. The van der Waals surface area contributed by atoms with Gasteiger partial charge in [-0.3, -0.25) is 15.0 Å². The first-order chi connectivity index (χ1) is 12.2. The van der Waals surface area contributed by atoms with Gasteiger partial charge in [0.05, 0.1) is 23.6 Å². The van der Waals surface area contributed by atoms with Gasteiger partial charge in [0.1, 0.15) is 5.82 Å². The molecule has 7 nitrogen and oxygen atoms in total. The Hall–Kier alpha value is -1.41. The highest BCUT2D eigenvalue weighted by molar-refractivity contribution is 5.90. The van der Waals surface area contributed by atoms with E-state index >= 15 is 0 Å². The summed E-state index contributed by atoms with van der Waals surface area (Å²) in [6.07, 6.45) is 14.9. The van der Waals surface area contributed by atoms with Crippen LogP contribution in [0.4, 0.5) is 5.82 Å². The highest BCUT2D eigenvalue weighted by Crippen LogP contribution is 2.38. The minimum absolute atomic E-state index is 0. The predicted octanol–water partition coefficient (Wildman–Crippen LogP) is 2.95. The minimum atomic E-state index is -0.589. The van der Waals surface area contributed by atoms with Crippen LogP contribution < -0.4 is 16.1 Å². The van der Waals surface area contributed by atoms with Gasteiger partial charge in [0.15, 0.2) is 0 Å². The molecule has 27 heavy (non-hydrogen) atoms. The third-order valence-electron chi connectivity index (χ3n) is 5.37. The third-order valence-corrected chi connectivity index (χ3v) is 5.37. The Morgan fingerprint density at radius 2 is 1.96 bits per heavy atom. The van der Waals surface area contributed by atoms with Crippen LogP contribution in [0.5, 0.6) is 0 Å². The number of anilines is 1. The number of hydrogen-bond acceptors (Lipinski definition) is 6. The van der Waals surface area contributed by atoms with Crippen molar-refractivity contribution in [3.05, 3.63) is 24.2 Å². The second-order valence-corrected chi connectivity index (χ2v) is 7.03. The van der Waals surface area contributed by atoms with Gasteiger partial charge in [0, 0.05) is 12.6 Å². The number of nitrogens with one attached hydrogen (secondary N) is 3. The fourth-order valence-corrected chi connectivity index (χ4v) is 4.08. The van der Waals surface area contributed by atoms with Crippen LogP contribution in [0.25, 0.3) is 6.08 Å². The summed E-state index contributed by atoms with van der Waals surface area (Å²) in [6, 6.07) is 0. The van der Waals surface area contributed by atoms with Crippen LogP contribution in [0.2, 0.25) is 0 Å². The molecule has 0 aromatic carbocycles. The van der Waals surface area contributed by atoms with Crippen LogP contribution in [-0.2, 0) is 4.79 Å². The van der Waals surface area contributed by atoms with E-state index in [-0.39, 0.29) is 30.4 Å². The van der Waals surface area contributed by atoms with Gasteiger partial charge in [-0.25, -0.2) is 10.5 Å². The predicted molar refractivity (Wildman–Crippen MR) is 111 cm³/mol. The molecule has 1 atom stereocenters. The molecule has 1 aliphatic heterocycles. The van der Waals surface area contributed by atoms with Crippen molar-refractivity contribution < 1.29 is 10.0 Å². The van der Waals surface area contributed by atoms with Crippen molar-refractivity contribution >= 4 is 42.6 Å². The molecular formula is C18H29Cl2N5O2. The van der Waals surface area contributed by atoms with E-state index in [0.29, 0.717) is 11.6 Å². The summed E-state index contributed by atoms with van der Waals surface area (Å²) >= 11 is 0. The van der Waals surface area contributed by atoms with Crippen LogP contribution in [0.1, 0.15) is 50.6 Å². The quantitative estimate of drug-likeness (QED) is 0.333. The van der Waals surface area contributed by atoms with Crippen LogP contribution in [0.15, 0.2) is 18.5 Å². The van der Waals surface area contributed by atoms with Crippen LogP contribution in [0, 0.1) is 5.92 Å². The van der Waals surface area contributed by atoms with Crippen molar-refractivity contribution in [2.45, 2.75) is 50.5 Å². The maximum atomic E-state index is 11.0. The average molecular weight is 418 g/mol. The summed E-state index contributed by atoms with van der Waals surface area (Å²) in [5, 5.41) is 15.7. The van der Waals surface area contributed by atoms with Crippen LogP contribution in [0.3, 0.4) is 0 Å². The number of piperidine rings is 1. The summed E-state index contributed by atoms with van der Waals surface area (Å²) in [7, 11) is 0. The van der Waals surface area contributed by atoms with Gasteiger partial charge < -0.3 is 10.6 Å². The van der Waals surface area contributed by atoms with Crippen molar-refractivity contribution in [1.29, 1.82) is 0 Å². The molecule has 1 saturated carbocycles. The first kappa shape index (κ1) is 23.6. The maximum absolute atomic E-state index is 11.0. The molecule has 9 heteroatoms. The molecule has 1 amide bonds. The van der Waals surface area contributed by atoms with Crippen LogP contribution in [-0.4, -0.2) is 39.7 Å². The number of aromatic nitrogens is 2. The fraction of sp³-hybridized carbons (Fsp3) is 0.611. The average Bonchev–Trinajstić information content (AvgIpc) is 2.68. The molecule has 2 aliphatic rings. The van der Waals surface area contributed by atoms with E-state index in [9.17, 15) is 4.79 Å². The second kappa shape index (κ2) is 11.4. The highest BCUT2D eigenvalue weighted by atomic mass is 35.5. The Morgan fingerprint density at radius 3 is 2.56 bits per heavy atom. The summed E-state index contributed by atoms with van der Waals surface area (Å²) in [4.78, 5) is 19.8. The number of carbonyl (C=O) groups excluding carboxylic acids is 1. The normalized spacial score (nSPS) is 23.1. The van der Waals surface area contributed by atoms with E-state index < -0.39 is 5.91 Å². The van der Waals surface area contributed by atoms with Gasteiger partial charge in [-0.2, -0.15) is 0 Å². The number of hydroxylamine groups is 1. The first-order valence-electron chi connectivity index (χ1n) is 9.15. The van der Waals surface area contributed by atoms with Gasteiger partial charge in [0.25, 0.3) is 5.91 Å². The third kappa shape index (κ3) is 6.31. The molecule has 2 heterocycles. The molecule has 1 saturated heterocycles. The lowest BCUT2D eigenvalue weighted by molar-refractivity contribution is -0.124. The highest BCUT2D eigenvalue weighted by Gasteiger charge is 2.40. The van der Waals surface area contributed by atoms with E-state index in [1.165, 1.54) is 50.7 Å². The smallest absolute Gasteiger partial charge is 0.267 e. The van der Waals surface area contributed by atoms with Crippen molar-refractivity contribution in [2.24, 2.45) is 5.92 Å². The molecule has 152 valence electrons. The van der Waals surface area contributed by atoms with Crippen molar-refractivity contribution in [1.82, 2.24) is 20.8 Å². The number of rotatable bonds is 5. The molecule has 3 rings (SSSR count). The van der Waals surface area contributed by atoms with Crippen LogP contribution >= 0.6 is 24.8 Å². The van der Waals surface area contributed by atoms with E-state index in [2.05, 4.69) is 20.6 Å². The minimum Gasteiger partial charge on any atom is -0.362 e. The topological polar surface area (TPSA) is 99.2 Å². The SMILES string of the molecule is Cl.Cl.O=C(/C=C/c1cnc(N[C@@]2(C3CCCCC3)CCCNC2)cn1)NO. The standard InChI is InChI=1S/C18H27N5O2.2ClH/c24-17(23-25)8-7-15-11-21-16(12-20-15)22-18(9-4-10-19-13-18)14-5-2-1-3-6-14;;/h7-8,11-12,14,19,25H,1-6,9-10,13H2,(H,21,22)(H,23,24);2*1H/b8-7+;;/t18-;;/m0../s1. The first-order valence-corrected chi connectivity index (χ1v) is 9.15. The maximum Gasteiger partial charge on any atom is 0.267 e. The molecule has 1 aromatic rings. The van der Waals surface area contributed by atoms with Gasteiger partial charge >= 0.3 is 0 Å². The van der Waals surface area contributed by atoms with Gasteiger partial charge in [0.2, 0.25) is 0 Å². The summed E-state index contributed by atoms with van der Waals surface area (Å²) in [5.74, 6) is 0.857. The Kier molecular flexibility index (Phi) is 10.0. The molecule has 0 bridgehead atoms. The monoisotopic (exact) mass is 417 g/mol. The summed E-state index contributed by atoms with van der Waals surface area (Å²) < 4.78 is 0. The number of halogens is 2. The number of nitrogens with zero attached hydrogens (tertiary/aromatic N) is 2. The number of carbonyl (C=O) groups is 1. The molecule has 0 spiro atoms. The zero-order valence-electron chi connectivity index (χ0n) is 15.3. The summed E-state index contributed by atoms with van der Waals surface area (Å²) in [6.45, 7) is 2.05. The van der Waals surface area contributed by atoms with Gasteiger partial charge in [-0.1, -0.05) is 19.3 Å². The Balaban J connectivity index is 0.00000182. The largest absolute Gasteiger partial charge is 0.362 e. The van der Waals surface area contributed by atoms with E-state index in [4.69, 9.17) is 5.21 Å². The van der Waals surface area contributed by atoms with Gasteiger partial charge in [-0.15, -0.1) is 24.8 Å². The molecule has 0 unspecified atom stereocenters. The zero-order valence-corrected chi connectivity index (χ0v) is 17.0. The lowest BCUT2D eigenvalue weighted by atomic mass is 9.71. The second-order valence-electron chi connectivity index (χ2n) is 7.03. The molecule has 0 radical (unpaired) electrons. The van der Waals surface area contributed by atoms with E-state index in [0.717, 1.165) is 25.3 Å². The van der Waals surface area contributed by atoms with Crippen molar-refractivity contribution in [3.8, 4) is 0 Å². The fourth-order valence-electron chi connectivity index (χ4n) is 4.08. The Morgan fingerprint density at radius 1 is 1.19 bits per heavy atom. The lowest BCUT2D eigenvalue weighted by Crippen LogP contribution is -2.56.